The Balaban J connectivity index is 1.30. The number of morpholine rings is 1. The average molecular weight is 406 g/mol. The number of rotatable bonds is 4. The number of carbonyl (C=O) groups excluding carboxylic acids is 2. The van der Waals surface area contributed by atoms with Gasteiger partial charge in [0, 0.05) is 18.3 Å². The Labute approximate surface area is 173 Å². The molecular weight excluding hydrogens is 384 g/mol. The average Bonchev–Trinajstić information content (AvgIpc) is 3.21. The molecule has 4 heterocycles. The molecule has 2 unspecified atom stereocenters. The molecule has 2 fully saturated rings. The van der Waals surface area contributed by atoms with Crippen LogP contribution in [0.5, 0.6) is 0 Å². The lowest BCUT2D eigenvalue weighted by Crippen LogP contribution is -2.60. The summed E-state index contributed by atoms with van der Waals surface area (Å²) in [5.74, 6) is 0.346. The van der Waals surface area contributed by atoms with Gasteiger partial charge in [0.05, 0.1) is 31.5 Å². The van der Waals surface area contributed by atoms with Crippen molar-refractivity contribution in [3.8, 4) is 0 Å². The molecule has 2 aliphatic rings. The molecule has 0 N–H and O–H groups in total. The van der Waals surface area contributed by atoms with E-state index in [4.69, 9.17) is 9.47 Å². The topological polar surface area (TPSA) is 86.0 Å². The van der Waals surface area contributed by atoms with E-state index in [2.05, 4.69) is 9.97 Å². The van der Waals surface area contributed by atoms with Crippen LogP contribution in [0.3, 0.4) is 0 Å². The monoisotopic (exact) mass is 406 g/mol. The Morgan fingerprint density at radius 2 is 1.83 bits per heavy atom. The Bertz CT molecular complexity index is 1050. The van der Waals surface area contributed by atoms with Crippen LogP contribution >= 0.6 is 0 Å². The minimum Gasteiger partial charge on any atom is -0.445 e. The van der Waals surface area contributed by atoms with Crippen LogP contribution in [0.4, 0.5) is 4.79 Å². The van der Waals surface area contributed by atoms with Crippen LogP contribution in [0.1, 0.15) is 28.9 Å². The summed E-state index contributed by atoms with van der Waals surface area (Å²) in [6.07, 6.45) is 5.77. The molecule has 5 rings (SSSR count). The van der Waals surface area contributed by atoms with E-state index in [0.29, 0.717) is 37.5 Å². The van der Waals surface area contributed by atoms with Gasteiger partial charge in [0.25, 0.3) is 0 Å². The maximum absolute atomic E-state index is 13.2. The molecule has 2 bridgehead atoms. The van der Waals surface area contributed by atoms with E-state index in [9.17, 15) is 9.59 Å². The first-order valence-electron chi connectivity index (χ1n) is 10.1. The Hall–Kier alpha value is -3.26. The van der Waals surface area contributed by atoms with Crippen LogP contribution in [-0.4, -0.2) is 56.4 Å². The molecular formula is C22H22N4O4. The highest BCUT2D eigenvalue weighted by molar-refractivity contribution is 5.97. The van der Waals surface area contributed by atoms with Crippen molar-refractivity contribution in [1.82, 2.24) is 19.3 Å². The number of aromatic nitrogens is 3. The number of benzene rings is 1. The van der Waals surface area contributed by atoms with Crippen LogP contribution in [0, 0.1) is 5.92 Å². The molecule has 1 amide bonds. The Morgan fingerprint density at radius 3 is 2.60 bits per heavy atom. The number of ketones is 1. The van der Waals surface area contributed by atoms with Gasteiger partial charge in [-0.15, -0.1) is 0 Å². The van der Waals surface area contributed by atoms with E-state index in [1.807, 2.05) is 30.3 Å². The van der Waals surface area contributed by atoms with E-state index in [0.717, 1.165) is 5.56 Å². The van der Waals surface area contributed by atoms with Gasteiger partial charge in [0.2, 0.25) is 5.78 Å². The third-order valence-corrected chi connectivity index (χ3v) is 5.85. The van der Waals surface area contributed by atoms with Gasteiger partial charge in [0.1, 0.15) is 12.3 Å². The first kappa shape index (κ1) is 18.7. The maximum Gasteiger partial charge on any atom is 0.410 e. The molecule has 3 aromatic rings. The molecule has 0 spiro atoms. The highest BCUT2D eigenvalue weighted by Gasteiger charge is 2.45. The van der Waals surface area contributed by atoms with Crippen molar-refractivity contribution in [3.05, 3.63) is 66.2 Å². The molecule has 2 saturated heterocycles. The molecule has 2 atom stereocenters. The summed E-state index contributed by atoms with van der Waals surface area (Å²) in [5, 5.41) is 0. The zero-order valence-corrected chi connectivity index (χ0v) is 16.4. The fraction of sp³-hybridized carbons (Fsp3) is 0.364. The lowest BCUT2D eigenvalue weighted by Gasteiger charge is -2.47. The normalized spacial score (nSPS) is 23.3. The number of fused-ring (bicyclic) bond motifs is 3. The number of carbonyl (C=O) groups is 2. The lowest BCUT2D eigenvalue weighted by molar-refractivity contribution is -0.0756. The molecule has 0 radical (unpaired) electrons. The standard InChI is InChI=1S/C22H22N4O4/c27-20(19-11-24-21-23-7-4-8-25(19)21)16-9-17-13-29-14-18(10-16)26(17)22(28)30-12-15-5-2-1-3-6-15/h1-8,11,16-18H,9-10,12-14H2. The number of hydrogen-bond acceptors (Lipinski definition) is 6. The number of nitrogens with zero attached hydrogens (tertiary/aromatic N) is 4. The quantitative estimate of drug-likeness (QED) is 0.620. The van der Waals surface area contributed by atoms with Crippen molar-refractivity contribution < 1.29 is 19.1 Å². The SMILES string of the molecule is O=C(c1cnc2ncccn12)C1CC2COCC(C1)N2C(=O)OCc1ccccc1. The molecule has 0 saturated carbocycles. The van der Waals surface area contributed by atoms with E-state index in [-0.39, 0.29) is 36.5 Å². The van der Waals surface area contributed by atoms with E-state index < -0.39 is 0 Å². The Morgan fingerprint density at radius 1 is 1.07 bits per heavy atom. The first-order chi connectivity index (χ1) is 14.7. The van der Waals surface area contributed by atoms with Gasteiger partial charge >= 0.3 is 6.09 Å². The summed E-state index contributed by atoms with van der Waals surface area (Å²) in [7, 11) is 0. The Kier molecular flexibility index (Phi) is 4.92. The summed E-state index contributed by atoms with van der Waals surface area (Å²) in [5.41, 5.74) is 1.47. The summed E-state index contributed by atoms with van der Waals surface area (Å²) in [6, 6.07) is 11.0. The summed E-state index contributed by atoms with van der Waals surface area (Å²) in [6.45, 7) is 1.05. The minimum atomic E-state index is -0.345. The highest BCUT2D eigenvalue weighted by atomic mass is 16.6. The third kappa shape index (κ3) is 3.43. The van der Waals surface area contributed by atoms with Gasteiger partial charge in [-0.25, -0.2) is 14.8 Å². The predicted octanol–water partition coefficient (Wildman–Crippen LogP) is 2.73. The van der Waals surface area contributed by atoms with Crippen molar-refractivity contribution in [3.63, 3.8) is 0 Å². The van der Waals surface area contributed by atoms with Crippen molar-refractivity contribution in [2.75, 3.05) is 13.2 Å². The van der Waals surface area contributed by atoms with E-state index >= 15 is 0 Å². The van der Waals surface area contributed by atoms with Gasteiger partial charge in [-0.1, -0.05) is 30.3 Å². The van der Waals surface area contributed by atoms with Crippen LogP contribution in [0.25, 0.3) is 5.78 Å². The predicted molar refractivity (Wildman–Crippen MR) is 107 cm³/mol. The summed E-state index contributed by atoms with van der Waals surface area (Å²) < 4.78 is 13.0. The first-order valence-corrected chi connectivity index (χ1v) is 10.1. The molecule has 8 heteroatoms. The summed E-state index contributed by atoms with van der Waals surface area (Å²) >= 11 is 0. The fourth-order valence-corrected chi connectivity index (χ4v) is 4.44. The smallest absolute Gasteiger partial charge is 0.410 e. The van der Waals surface area contributed by atoms with Gasteiger partial charge in [-0.3, -0.25) is 14.1 Å². The van der Waals surface area contributed by atoms with Crippen LogP contribution in [0.2, 0.25) is 0 Å². The minimum absolute atomic E-state index is 0.0321. The van der Waals surface area contributed by atoms with Gasteiger partial charge in [0.15, 0.2) is 5.78 Å². The lowest BCUT2D eigenvalue weighted by atomic mass is 9.82. The second-order valence-electron chi connectivity index (χ2n) is 7.76. The zero-order valence-electron chi connectivity index (χ0n) is 16.4. The van der Waals surface area contributed by atoms with Crippen molar-refractivity contribution in [1.29, 1.82) is 0 Å². The number of ether oxygens (including phenoxy) is 2. The molecule has 30 heavy (non-hydrogen) atoms. The molecule has 8 nitrogen and oxygen atoms in total. The largest absolute Gasteiger partial charge is 0.445 e. The van der Waals surface area contributed by atoms with Crippen LogP contribution < -0.4 is 0 Å². The van der Waals surface area contributed by atoms with E-state index in [1.165, 1.54) is 0 Å². The third-order valence-electron chi connectivity index (χ3n) is 5.85. The number of Topliss-reactive ketones (excluding diaryl/α,β-unsaturated/α-hetero) is 1. The van der Waals surface area contributed by atoms with Gasteiger partial charge < -0.3 is 9.47 Å². The van der Waals surface area contributed by atoms with Crippen molar-refractivity contribution >= 4 is 17.7 Å². The number of imidazole rings is 1. The molecule has 2 aliphatic heterocycles. The number of hydrogen-bond donors (Lipinski definition) is 0. The van der Waals surface area contributed by atoms with Crippen molar-refractivity contribution in [2.45, 2.75) is 31.5 Å². The molecule has 0 aliphatic carbocycles. The second kappa shape index (κ2) is 7.87. The highest BCUT2D eigenvalue weighted by Crippen LogP contribution is 2.34. The zero-order chi connectivity index (χ0) is 20.5. The molecule has 1 aromatic carbocycles. The van der Waals surface area contributed by atoms with Gasteiger partial charge in [-0.05, 0) is 24.5 Å². The molecule has 2 aromatic heterocycles. The molecule has 154 valence electrons. The number of piperidine rings is 1. The fourth-order valence-electron chi connectivity index (χ4n) is 4.44. The van der Waals surface area contributed by atoms with Gasteiger partial charge in [-0.2, -0.15) is 0 Å². The van der Waals surface area contributed by atoms with Crippen molar-refractivity contribution in [2.24, 2.45) is 5.92 Å². The van der Waals surface area contributed by atoms with E-state index in [1.54, 1.807) is 34.0 Å². The van der Waals surface area contributed by atoms with Crippen LogP contribution in [-0.2, 0) is 16.1 Å². The van der Waals surface area contributed by atoms with Crippen LogP contribution in [0.15, 0.2) is 55.0 Å². The maximum atomic E-state index is 13.2. The summed E-state index contributed by atoms with van der Waals surface area (Å²) in [4.78, 5) is 36.2. The second-order valence-corrected chi connectivity index (χ2v) is 7.76. The number of amides is 1.